The van der Waals surface area contributed by atoms with Gasteiger partial charge in [-0.15, -0.1) is 5.11 Å². The van der Waals surface area contributed by atoms with Gasteiger partial charge in [-0.2, -0.15) is 10.4 Å². The van der Waals surface area contributed by atoms with Crippen molar-refractivity contribution in [2.24, 2.45) is 10.2 Å². The summed E-state index contributed by atoms with van der Waals surface area (Å²) in [5, 5.41) is 27.1. The van der Waals surface area contributed by atoms with Crippen molar-refractivity contribution >= 4 is 22.1 Å². The molecule has 0 fully saturated rings. The molecule has 3 rings (SSSR count). The van der Waals surface area contributed by atoms with Crippen molar-refractivity contribution in [3.63, 3.8) is 0 Å². The Kier molecular flexibility index (Phi) is 3.38. The number of fused-ring (bicyclic) bond motifs is 1. The number of nitrogens with zero attached hydrogens (tertiary/aromatic N) is 3. The molecule has 0 saturated heterocycles. The van der Waals surface area contributed by atoms with Crippen molar-refractivity contribution in [3.05, 3.63) is 64.5 Å². The maximum absolute atomic E-state index is 11.9. The quantitative estimate of drug-likeness (QED) is 0.726. The molecule has 0 spiro atoms. The first kappa shape index (κ1) is 13.5. The summed E-state index contributed by atoms with van der Waals surface area (Å²) in [6.07, 6.45) is 0. The van der Waals surface area contributed by atoms with E-state index in [2.05, 4.69) is 10.2 Å². The summed E-state index contributed by atoms with van der Waals surface area (Å²) >= 11 is 0. The van der Waals surface area contributed by atoms with Gasteiger partial charge in [-0.3, -0.25) is 0 Å². The standard InChI is InChI=1S/C16H9N3O3/c17-9-10-5-7-11(8-6-10)18-19-14-12-3-1-2-4-13(12)15(20)22-16(14)21/h1-8,20H. The van der Waals surface area contributed by atoms with Crippen molar-refractivity contribution in [2.45, 2.75) is 0 Å². The molecule has 0 atom stereocenters. The summed E-state index contributed by atoms with van der Waals surface area (Å²) < 4.78 is 4.75. The van der Waals surface area contributed by atoms with Crippen molar-refractivity contribution in [1.29, 1.82) is 5.26 Å². The van der Waals surface area contributed by atoms with Crippen LogP contribution in [0.1, 0.15) is 5.56 Å². The number of azo groups is 1. The van der Waals surface area contributed by atoms with Crippen LogP contribution >= 0.6 is 0 Å². The van der Waals surface area contributed by atoms with Crippen molar-refractivity contribution < 1.29 is 9.52 Å². The highest BCUT2D eigenvalue weighted by atomic mass is 16.5. The molecular weight excluding hydrogens is 282 g/mol. The lowest BCUT2D eigenvalue weighted by Gasteiger charge is -2.01. The highest BCUT2D eigenvalue weighted by Gasteiger charge is 2.11. The number of hydrogen-bond donors (Lipinski definition) is 1. The monoisotopic (exact) mass is 291 g/mol. The molecule has 0 bridgehead atoms. The van der Waals surface area contributed by atoms with Gasteiger partial charge in [-0.25, -0.2) is 4.79 Å². The van der Waals surface area contributed by atoms with Crippen LogP contribution in [0, 0.1) is 11.3 Å². The molecule has 1 N–H and O–H groups in total. The van der Waals surface area contributed by atoms with Crippen LogP contribution in [0.4, 0.5) is 11.4 Å². The second kappa shape index (κ2) is 5.50. The predicted octanol–water partition coefficient (Wildman–Crippen LogP) is 3.79. The highest BCUT2D eigenvalue weighted by Crippen LogP contribution is 2.30. The average molecular weight is 291 g/mol. The van der Waals surface area contributed by atoms with Gasteiger partial charge < -0.3 is 9.52 Å². The summed E-state index contributed by atoms with van der Waals surface area (Å²) in [5.74, 6) is -0.446. The Morgan fingerprint density at radius 1 is 1.00 bits per heavy atom. The van der Waals surface area contributed by atoms with E-state index in [0.717, 1.165) is 0 Å². The molecule has 1 heterocycles. The normalized spacial score (nSPS) is 10.9. The zero-order valence-electron chi connectivity index (χ0n) is 11.2. The second-order valence-electron chi connectivity index (χ2n) is 4.45. The summed E-state index contributed by atoms with van der Waals surface area (Å²) in [6, 6.07) is 15.2. The van der Waals surface area contributed by atoms with Crippen molar-refractivity contribution in [3.8, 4) is 12.0 Å². The van der Waals surface area contributed by atoms with Crippen LogP contribution in [0.2, 0.25) is 0 Å². The van der Waals surface area contributed by atoms with Crippen LogP contribution in [0.3, 0.4) is 0 Å². The number of aromatic hydroxyl groups is 1. The van der Waals surface area contributed by atoms with Crippen LogP contribution in [0.25, 0.3) is 10.8 Å². The van der Waals surface area contributed by atoms with Gasteiger partial charge in [0.05, 0.1) is 22.7 Å². The van der Waals surface area contributed by atoms with E-state index in [9.17, 15) is 9.90 Å². The molecule has 6 nitrogen and oxygen atoms in total. The maximum atomic E-state index is 11.9. The molecule has 0 unspecified atom stereocenters. The number of nitriles is 1. The van der Waals surface area contributed by atoms with Gasteiger partial charge in [0, 0.05) is 5.39 Å². The van der Waals surface area contributed by atoms with E-state index in [4.69, 9.17) is 9.68 Å². The minimum Gasteiger partial charge on any atom is -0.480 e. The molecule has 6 heteroatoms. The number of hydrogen-bond acceptors (Lipinski definition) is 6. The van der Waals surface area contributed by atoms with Crippen molar-refractivity contribution in [1.82, 2.24) is 0 Å². The van der Waals surface area contributed by atoms with Crippen LogP contribution in [0.15, 0.2) is 68.0 Å². The van der Waals surface area contributed by atoms with E-state index in [0.29, 0.717) is 22.0 Å². The zero-order chi connectivity index (χ0) is 15.5. The lowest BCUT2D eigenvalue weighted by Crippen LogP contribution is -1.98. The summed E-state index contributed by atoms with van der Waals surface area (Å²) in [5.41, 5.74) is 0.246. The maximum Gasteiger partial charge on any atom is 0.367 e. The molecule has 0 saturated carbocycles. The Bertz CT molecular complexity index is 967. The summed E-state index contributed by atoms with van der Waals surface area (Å²) in [7, 11) is 0. The zero-order valence-corrected chi connectivity index (χ0v) is 11.2. The fourth-order valence-electron chi connectivity index (χ4n) is 1.98. The Hall–Kier alpha value is -3.46. The van der Waals surface area contributed by atoms with E-state index in [1.54, 1.807) is 48.5 Å². The largest absolute Gasteiger partial charge is 0.480 e. The number of benzene rings is 2. The molecule has 2 aromatic carbocycles. The summed E-state index contributed by atoms with van der Waals surface area (Å²) in [6.45, 7) is 0. The highest BCUT2D eigenvalue weighted by molar-refractivity contribution is 5.94. The van der Waals surface area contributed by atoms with E-state index in [1.165, 1.54) is 0 Å². The second-order valence-corrected chi connectivity index (χ2v) is 4.45. The molecule has 106 valence electrons. The van der Waals surface area contributed by atoms with Crippen LogP contribution in [-0.2, 0) is 0 Å². The molecule has 3 aromatic rings. The molecule has 0 radical (unpaired) electrons. The fourth-order valence-corrected chi connectivity index (χ4v) is 1.98. The molecule has 0 aliphatic heterocycles. The third kappa shape index (κ3) is 2.43. The molecule has 0 amide bonds. The fraction of sp³-hybridized carbons (Fsp3) is 0. The average Bonchev–Trinajstić information content (AvgIpc) is 2.55. The van der Waals surface area contributed by atoms with E-state index in [-0.39, 0.29) is 5.69 Å². The topological polar surface area (TPSA) is 99.0 Å². The first-order valence-corrected chi connectivity index (χ1v) is 6.36. The summed E-state index contributed by atoms with van der Waals surface area (Å²) in [4.78, 5) is 11.9. The number of rotatable bonds is 2. The molecule has 0 aliphatic rings. The van der Waals surface area contributed by atoms with Crippen LogP contribution in [0.5, 0.6) is 5.95 Å². The Morgan fingerprint density at radius 3 is 2.36 bits per heavy atom. The van der Waals surface area contributed by atoms with E-state index in [1.807, 2.05) is 6.07 Å². The van der Waals surface area contributed by atoms with Gasteiger partial charge in [0.15, 0.2) is 5.69 Å². The first-order valence-electron chi connectivity index (χ1n) is 6.36. The minimum absolute atomic E-state index is 0.0118. The van der Waals surface area contributed by atoms with Gasteiger partial charge in [-0.05, 0) is 30.3 Å². The van der Waals surface area contributed by atoms with Gasteiger partial charge in [0.2, 0.25) is 0 Å². The predicted molar refractivity (Wildman–Crippen MR) is 79.5 cm³/mol. The smallest absolute Gasteiger partial charge is 0.367 e. The van der Waals surface area contributed by atoms with Crippen LogP contribution in [-0.4, -0.2) is 5.11 Å². The van der Waals surface area contributed by atoms with Gasteiger partial charge in [-0.1, -0.05) is 18.2 Å². The molecule has 0 aliphatic carbocycles. The van der Waals surface area contributed by atoms with Gasteiger partial charge >= 0.3 is 5.63 Å². The lowest BCUT2D eigenvalue weighted by molar-refractivity contribution is 0.318. The van der Waals surface area contributed by atoms with Crippen molar-refractivity contribution in [2.75, 3.05) is 0 Å². The third-order valence-corrected chi connectivity index (χ3v) is 3.06. The lowest BCUT2D eigenvalue weighted by atomic mass is 10.1. The molecule has 22 heavy (non-hydrogen) atoms. The van der Waals surface area contributed by atoms with Gasteiger partial charge in [0.1, 0.15) is 0 Å². The molecule has 1 aromatic heterocycles. The Balaban J connectivity index is 2.08. The van der Waals surface area contributed by atoms with Gasteiger partial charge in [0.25, 0.3) is 5.95 Å². The third-order valence-electron chi connectivity index (χ3n) is 3.06. The Morgan fingerprint density at radius 2 is 1.68 bits per heavy atom. The van der Waals surface area contributed by atoms with E-state index < -0.39 is 11.6 Å². The SMILES string of the molecule is N#Cc1ccc(N=Nc2c(=O)oc(O)c3ccccc23)cc1. The van der Waals surface area contributed by atoms with E-state index >= 15 is 0 Å². The minimum atomic E-state index is -0.770. The Labute approximate surface area is 124 Å². The first-order chi connectivity index (χ1) is 10.7. The molecular formula is C16H9N3O3. The van der Waals surface area contributed by atoms with Crippen LogP contribution < -0.4 is 5.63 Å².